The van der Waals surface area contributed by atoms with Gasteiger partial charge in [0.2, 0.25) is 0 Å². The molecule has 0 spiro atoms. The van der Waals surface area contributed by atoms with Gasteiger partial charge in [-0.1, -0.05) is 54.5 Å². The zero-order chi connectivity index (χ0) is 9.10. The molecule has 67 valence electrons. The van der Waals surface area contributed by atoms with Crippen molar-refractivity contribution in [2.75, 3.05) is 0 Å². The van der Waals surface area contributed by atoms with E-state index in [9.17, 15) is 0 Å². The van der Waals surface area contributed by atoms with Crippen molar-refractivity contribution in [2.45, 2.75) is 26.2 Å². The monoisotopic (exact) mass is 171 g/mol. The summed E-state index contributed by atoms with van der Waals surface area (Å²) in [7, 11) is 0. The molecular weight excluding hydrogens is 156 g/mol. The van der Waals surface area contributed by atoms with E-state index in [1.54, 1.807) is 5.92 Å². The van der Waals surface area contributed by atoms with Crippen LogP contribution in [0, 0.1) is 5.92 Å². The lowest BCUT2D eigenvalue weighted by Crippen LogP contribution is -2.01. The molecule has 2 aliphatic rings. The molecule has 1 radical (unpaired) electrons. The van der Waals surface area contributed by atoms with Crippen molar-refractivity contribution in [2.24, 2.45) is 0 Å². The summed E-state index contributed by atoms with van der Waals surface area (Å²) in [5.41, 5.74) is 3.02. The van der Waals surface area contributed by atoms with Crippen LogP contribution in [0.1, 0.15) is 26.2 Å². The topological polar surface area (TPSA) is 0 Å². The Kier molecular flexibility index (Phi) is 2.49. The van der Waals surface area contributed by atoms with Crippen molar-refractivity contribution >= 4 is 0 Å². The minimum absolute atomic E-state index is 1.13. The van der Waals surface area contributed by atoms with E-state index in [-0.39, 0.29) is 0 Å². The van der Waals surface area contributed by atoms with E-state index < -0.39 is 0 Å². The van der Waals surface area contributed by atoms with E-state index in [0.717, 1.165) is 19.3 Å². The van der Waals surface area contributed by atoms with Crippen molar-refractivity contribution in [3.8, 4) is 0 Å². The Morgan fingerprint density at radius 3 is 1.92 bits per heavy atom. The molecule has 0 fully saturated rings. The molecule has 0 atom stereocenters. The molecule has 0 saturated carbocycles. The SMILES string of the molecule is CC[C](C1=CC=CC1)C1=CC=CC1. The lowest BCUT2D eigenvalue weighted by Gasteiger charge is -2.16. The molecule has 0 unspecified atom stereocenters. The van der Waals surface area contributed by atoms with Gasteiger partial charge >= 0.3 is 0 Å². The number of allylic oxidation sites excluding steroid dienone is 8. The van der Waals surface area contributed by atoms with Gasteiger partial charge in [-0.3, -0.25) is 0 Å². The highest BCUT2D eigenvalue weighted by atomic mass is 14.2. The summed E-state index contributed by atoms with van der Waals surface area (Å²) in [6, 6.07) is 0. The Morgan fingerprint density at radius 1 is 1.08 bits per heavy atom. The third-order valence-electron chi connectivity index (χ3n) is 2.67. The Hall–Kier alpha value is -1.04. The molecule has 2 aliphatic carbocycles. The zero-order valence-electron chi connectivity index (χ0n) is 8.09. The van der Waals surface area contributed by atoms with Gasteiger partial charge in [-0.2, -0.15) is 0 Å². The highest BCUT2D eigenvalue weighted by molar-refractivity contribution is 5.48. The normalized spacial score (nSPS) is 19.8. The maximum Gasteiger partial charge on any atom is 0.0261 e. The first-order valence-corrected chi connectivity index (χ1v) is 4.99. The van der Waals surface area contributed by atoms with Crippen LogP contribution in [0.15, 0.2) is 47.6 Å². The fourth-order valence-electron chi connectivity index (χ4n) is 2.00. The molecule has 0 aliphatic heterocycles. The molecule has 0 heteroatoms. The van der Waals surface area contributed by atoms with Gasteiger partial charge in [0.25, 0.3) is 0 Å². The first-order valence-electron chi connectivity index (χ1n) is 4.99. The van der Waals surface area contributed by atoms with E-state index in [1.165, 1.54) is 11.1 Å². The molecular formula is C13H15. The van der Waals surface area contributed by atoms with Crippen LogP contribution in [0.3, 0.4) is 0 Å². The first kappa shape index (κ1) is 8.55. The second-order valence-corrected chi connectivity index (χ2v) is 3.48. The summed E-state index contributed by atoms with van der Waals surface area (Å²) in [6.07, 6.45) is 16.7. The van der Waals surface area contributed by atoms with E-state index in [4.69, 9.17) is 0 Å². The van der Waals surface area contributed by atoms with Crippen LogP contribution in [0.4, 0.5) is 0 Å². The highest BCUT2D eigenvalue weighted by Gasteiger charge is 2.18. The Balaban J connectivity index is 2.09. The smallest absolute Gasteiger partial charge is 0.0261 e. The maximum absolute atomic E-state index is 2.25. The maximum atomic E-state index is 2.25. The molecule has 13 heavy (non-hydrogen) atoms. The summed E-state index contributed by atoms with van der Waals surface area (Å²) in [5.74, 6) is 1.55. The predicted molar refractivity (Wildman–Crippen MR) is 57.2 cm³/mol. The van der Waals surface area contributed by atoms with Gasteiger partial charge in [-0.05, 0) is 19.3 Å². The lowest BCUT2D eigenvalue weighted by atomic mass is 9.87. The minimum atomic E-state index is 1.13. The van der Waals surface area contributed by atoms with Gasteiger partial charge in [0.15, 0.2) is 0 Å². The summed E-state index contributed by atoms with van der Waals surface area (Å²) in [6.45, 7) is 2.24. The molecule has 0 aromatic rings. The number of rotatable bonds is 3. The van der Waals surface area contributed by atoms with Crippen LogP contribution < -0.4 is 0 Å². The Labute approximate surface area is 80.3 Å². The summed E-state index contributed by atoms with van der Waals surface area (Å²) in [5, 5.41) is 0. The lowest BCUT2D eigenvalue weighted by molar-refractivity contribution is 0.919. The van der Waals surface area contributed by atoms with Gasteiger partial charge < -0.3 is 0 Å². The molecule has 0 aromatic carbocycles. The molecule has 0 saturated heterocycles. The first-order chi connectivity index (χ1) is 6.42. The molecule has 0 aromatic heterocycles. The third-order valence-corrected chi connectivity index (χ3v) is 2.67. The zero-order valence-corrected chi connectivity index (χ0v) is 8.09. The van der Waals surface area contributed by atoms with Crippen LogP contribution >= 0.6 is 0 Å². The van der Waals surface area contributed by atoms with Crippen molar-refractivity contribution in [3.63, 3.8) is 0 Å². The van der Waals surface area contributed by atoms with Crippen LogP contribution in [-0.2, 0) is 0 Å². The summed E-state index contributed by atoms with van der Waals surface area (Å²) in [4.78, 5) is 0. The van der Waals surface area contributed by atoms with Crippen molar-refractivity contribution < 1.29 is 0 Å². The van der Waals surface area contributed by atoms with E-state index in [2.05, 4.69) is 43.4 Å². The predicted octanol–water partition coefficient (Wildman–Crippen LogP) is 3.74. The highest BCUT2D eigenvalue weighted by Crippen LogP contribution is 2.34. The largest absolute Gasteiger partial charge is 0.0804 e. The molecule has 0 heterocycles. The molecule has 0 bridgehead atoms. The quantitative estimate of drug-likeness (QED) is 0.606. The fraction of sp³-hybridized carbons (Fsp3) is 0.308. The van der Waals surface area contributed by atoms with Crippen LogP contribution in [-0.4, -0.2) is 0 Å². The Bertz CT molecular complexity index is 270. The summed E-state index contributed by atoms with van der Waals surface area (Å²) < 4.78 is 0. The van der Waals surface area contributed by atoms with Crippen LogP contribution in [0.2, 0.25) is 0 Å². The third kappa shape index (κ3) is 1.67. The van der Waals surface area contributed by atoms with Crippen molar-refractivity contribution in [3.05, 3.63) is 53.5 Å². The van der Waals surface area contributed by atoms with E-state index in [0.29, 0.717) is 0 Å². The second kappa shape index (κ2) is 3.78. The average Bonchev–Trinajstić information content (AvgIpc) is 2.76. The fourth-order valence-corrected chi connectivity index (χ4v) is 2.00. The van der Waals surface area contributed by atoms with Gasteiger partial charge in [-0.25, -0.2) is 0 Å². The average molecular weight is 171 g/mol. The molecule has 0 N–H and O–H groups in total. The van der Waals surface area contributed by atoms with E-state index in [1.807, 2.05) is 0 Å². The van der Waals surface area contributed by atoms with Crippen LogP contribution in [0.25, 0.3) is 0 Å². The number of hydrogen-bond acceptors (Lipinski definition) is 0. The number of hydrogen-bond donors (Lipinski definition) is 0. The van der Waals surface area contributed by atoms with Gasteiger partial charge in [0, 0.05) is 5.92 Å². The molecule has 0 nitrogen and oxygen atoms in total. The van der Waals surface area contributed by atoms with Crippen LogP contribution in [0.5, 0.6) is 0 Å². The van der Waals surface area contributed by atoms with Gasteiger partial charge in [-0.15, -0.1) is 0 Å². The summed E-state index contributed by atoms with van der Waals surface area (Å²) >= 11 is 0. The Morgan fingerprint density at radius 2 is 1.62 bits per heavy atom. The van der Waals surface area contributed by atoms with Crippen molar-refractivity contribution in [1.82, 2.24) is 0 Å². The van der Waals surface area contributed by atoms with Crippen molar-refractivity contribution in [1.29, 1.82) is 0 Å². The standard InChI is InChI=1S/C13H15/c1-2-13(11-7-3-4-8-11)12-9-5-6-10-12/h3-7,9H,2,8,10H2,1H3. The second-order valence-electron chi connectivity index (χ2n) is 3.48. The minimum Gasteiger partial charge on any atom is -0.0804 e. The van der Waals surface area contributed by atoms with Gasteiger partial charge in [0.1, 0.15) is 0 Å². The van der Waals surface area contributed by atoms with Gasteiger partial charge in [0.05, 0.1) is 0 Å². The van der Waals surface area contributed by atoms with E-state index >= 15 is 0 Å². The molecule has 0 amide bonds. The molecule has 2 rings (SSSR count).